The van der Waals surface area contributed by atoms with Gasteiger partial charge in [-0.05, 0) is 35.9 Å². The van der Waals surface area contributed by atoms with Gasteiger partial charge in [0.15, 0.2) is 17.3 Å². The van der Waals surface area contributed by atoms with Gasteiger partial charge in [-0.2, -0.15) is 0 Å². The molecule has 0 saturated heterocycles. The van der Waals surface area contributed by atoms with E-state index in [1.54, 1.807) is 44.2 Å². The zero-order chi connectivity index (χ0) is 21.6. The maximum atomic E-state index is 12.9. The molecule has 156 valence electrons. The van der Waals surface area contributed by atoms with E-state index in [0.717, 1.165) is 0 Å². The first-order valence-electron chi connectivity index (χ1n) is 9.15. The minimum absolute atomic E-state index is 0.123. The number of hydrogen-bond acceptors (Lipinski definition) is 6. The van der Waals surface area contributed by atoms with Gasteiger partial charge in [0.1, 0.15) is 5.75 Å². The highest BCUT2D eigenvalue weighted by Gasteiger charge is 2.17. The number of rotatable bonds is 9. The molecule has 7 heteroatoms. The Hall–Kier alpha value is -3.22. The molecule has 0 aliphatic carbocycles. The molecule has 0 fully saturated rings. The molecule has 0 aliphatic rings. The first-order valence-corrected chi connectivity index (χ1v) is 9.15. The van der Waals surface area contributed by atoms with Crippen molar-refractivity contribution in [2.75, 3.05) is 33.8 Å². The van der Waals surface area contributed by atoms with Crippen LogP contribution in [0.2, 0.25) is 0 Å². The summed E-state index contributed by atoms with van der Waals surface area (Å²) < 4.78 is 21.3. The van der Waals surface area contributed by atoms with Crippen molar-refractivity contribution in [3.8, 4) is 23.0 Å². The number of carbonyl (C=O) groups is 2. The molecule has 0 radical (unpaired) electrons. The smallest absolute Gasteiger partial charge is 0.227 e. The Balaban J connectivity index is 2.32. The molecule has 0 atom stereocenters. The third-order valence-corrected chi connectivity index (χ3v) is 4.39. The molecule has 0 aromatic heterocycles. The van der Waals surface area contributed by atoms with Crippen LogP contribution in [0, 0.1) is 5.92 Å². The molecule has 7 nitrogen and oxygen atoms in total. The molecule has 0 unspecified atom stereocenters. The van der Waals surface area contributed by atoms with Crippen molar-refractivity contribution in [1.29, 1.82) is 0 Å². The van der Waals surface area contributed by atoms with E-state index in [1.807, 2.05) is 0 Å². The molecule has 2 rings (SSSR count). The molecule has 1 N–H and O–H groups in total. The summed E-state index contributed by atoms with van der Waals surface area (Å²) in [4.78, 5) is 24.9. The highest BCUT2D eigenvalue weighted by Crippen LogP contribution is 2.38. The van der Waals surface area contributed by atoms with Crippen LogP contribution in [-0.2, 0) is 11.2 Å². The summed E-state index contributed by atoms with van der Waals surface area (Å²) in [6.45, 7) is 3.59. The molecule has 2 aromatic rings. The lowest BCUT2D eigenvalue weighted by Crippen LogP contribution is -2.18. The summed E-state index contributed by atoms with van der Waals surface area (Å²) >= 11 is 0. The van der Waals surface area contributed by atoms with Crippen molar-refractivity contribution in [1.82, 2.24) is 0 Å². The third kappa shape index (κ3) is 5.19. The second-order valence-electron chi connectivity index (χ2n) is 6.69. The predicted octanol–water partition coefficient (Wildman–Crippen LogP) is 3.74. The van der Waals surface area contributed by atoms with Crippen molar-refractivity contribution in [2.24, 2.45) is 5.92 Å². The fourth-order valence-corrected chi connectivity index (χ4v) is 2.78. The third-order valence-electron chi connectivity index (χ3n) is 4.39. The topological polar surface area (TPSA) is 83.1 Å². The lowest BCUT2D eigenvalue weighted by Gasteiger charge is -2.15. The van der Waals surface area contributed by atoms with E-state index in [9.17, 15) is 9.59 Å². The number of methoxy groups -OCH3 is 4. The van der Waals surface area contributed by atoms with Gasteiger partial charge >= 0.3 is 0 Å². The monoisotopic (exact) mass is 401 g/mol. The molecular weight excluding hydrogens is 374 g/mol. The fraction of sp³-hybridized carbons (Fsp3) is 0.364. The lowest BCUT2D eigenvalue weighted by molar-refractivity contribution is -0.118. The van der Waals surface area contributed by atoms with Crippen LogP contribution in [0.25, 0.3) is 0 Å². The number of Topliss-reactive ketones (excluding diaryl/α,β-unsaturated/α-hetero) is 1. The van der Waals surface area contributed by atoms with Crippen LogP contribution in [0.4, 0.5) is 5.69 Å². The summed E-state index contributed by atoms with van der Waals surface area (Å²) in [5.74, 6) is 1.44. The standard InChI is InChI=1S/C22H27NO6/c1-13(2)22(25)23-16-12-15(7-8-18(16)26-3)17(24)9-14-10-19(27-4)21(29-6)20(11-14)28-5/h7-8,10-13H,9H2,1-6H3,(H,23,25). The summed E-state index contributed by atoms with van der Waals surface area (Å²) in [5.41, 5.74) is 1.63. The zero-order valence-electron chi connectivity index (χ0n) is 17.6. The van der Waals surface area contributed by atoms with Gasteiger partial charge in [0.05, 0.1) is 34.1 Å². The quantitative estimate of drug-likeness (QED) is 0.645. The second kappa shape index (κ2) is 9.82. The zero-order valence-corrected chi connectivity index (χ0v) is 17.6. The highest BCUT2D eigenvalue weighted by molar-refractivity contribution is 6.00. The van der Waals surface area contributed by atoms with Crippen molar-refractivity contribution in [2.45, 2.75) is 20.3 Å². The van der Waals surface area contributed by atoms with Crippen molar-refractivity contribution in [3.05, 3.63) is 41.5 Å². The highest BCUT2D eigenvalue weighted by atomic mass is 16.5. The minimum atomic E-state index is -0.196. The van der Waals surface area contributed by atoms with Crippen molar-refractivity contribution in [3.63, 3.8) is 0 Å². The average Bonchev–Trinajstić information content (AvgIpc) is 2.72. The summed E-state index contributed by atoms with van der Waals surface area (Å²) in [6, 6.07) is 8.44. The molecule has 0 spiro atoms. The minimum Gasteiger partial charge on any atom is -0.495 e. The lowest BCUT2D eigenvalue weighted by atomic mass is 10.0. The van der Waals surface area contributed by atoms with Gasteiger partial charge in [0.25, 0.3) is 0 Å². The summed E-state index contributed by atoms with van der Waals surface area (Å²) in [7, 11) is 6.08. The van der Waals surface area contributed by atoms with Gasteiger partial charge in [0.2, 0.25) is 11.7 Å². The average molecular weight is 401 g/mol. The SMILES string of the molecule is COc1ccc(C(=O)Cc2cc(OC)c(OC)c(OC)c2)cc1NC(=O)C(C)C. The number of benzene rings is 2. The van der Waals surface area contributed by atoms with Gasteiger partial charge in [-0.15, -0.1) is 0 Å². The van der Waals surface area contributed by atoms with E-state index in [0.29, 0.717) is 39.8 Å². The Morgan fingerprint density at radius 1 is 0.862 bits per heavy atom. The van der Waals surface area contributed by atoms with Crippen LogP contribution in [0.5, 0.6) is 23.0 Å². The Labute approximate surface area is 170 Å². The molecular formula is C22H27NO6. The Bertz CT molecular complexity index is 866. The van der Waals surface area contributed by atoms with Crippen molar-refractivity contribution >= 4 is 17.4 Å². The Morgan fingerprint density at radius 2 is 1.45 bits per heavy atom. The largest absolute Gasteiger partial charge is 0.495 e. The van der Waals surface area contributed by atoms with Crippen LogP contribution in [0.15, 0.2) is 30.3 Å². The number of amides is 1. The number of nitrogens with one attached hydrogen (secondary N) is 1. The molecule has 0 saturated carbocycles. The van der Waals surface area contributed by atoms with E-state index in [-0.39, 0.29) is 24.0 Å². The number of hydrogen-bond donors (Lipinski definition) is 1. The van der Waals surface area contributed by atoms with Crippen LogP contribution >= 0.6 is 0 Å². The van der Waals surface area contributed by atoms with Crippen LogP contribution in [0.3, 0.4) is 0 Å². The van der Waals surface area contributed by atoms with E-state index >= 15 is 0 Å². The number of ketones is 1. The van der Waals surface area contributed by atoms with Crippen LogP contribution < -0.4 is 24.3 Å². The molecule has 0 heterocycles. The Morgan fingerprint density at radius 3 is 1.93 bits per heavy atom. The van der Waals surface area contributed by atoms with Gasteiger partial charge in [-0.1, -0.05) is 13.8 Å². The molecule has 29 heavy (non-hydrogen) atoms. The normalized spacial score (nSPS) is 10.4. The maximum Gasteiger partial charge on any atom is 0.227 e. The van der Waals surface area contributed by atoms with Crippen LogP contribution in [0.1, 0.15) is 29.8 Å². The Kier molecular flexibility index (Phi) is 7.47. The van der Waals surface area contributed by atoms with Crippen LogP contribution in [-0.4, -0.2) is 40.1 Å². The summed E-state index contributed by atoms with van der Waals surface area (Å²) in [5, 5.41) is 2.80. The second-order valence-corrected chi connectivity index (χ2v) is 6.69. The molecule has 2 aromatic carbocycles. The fourth-order valence-electron chi connectivity index (χ4n) is 2.78. The molecule has 0 aliphatic heterocycles. The number of anilines is 1. The predicted molar refractivity (Wildman–Crippen MR) is 111 cm³/mol. The molecule has 0 bridgehead atoms. The first kappa shape index (κ1) is 22.1. The van der Waals surface area contributed by atoms with Gasteiger partial charge in [-0.3, -0.25) is 9.59 Å². The first-order chi connectivity index (χ1) is 13.8. The van der Waals surface area contributed by atoms with E-state index in [2.05, 4.69) is 5.32 Å². The van der Waals surface area contributed by atoms with Gasteiger partial charge in [0, 0.05) is 17.9 Å². The van der Waals surface area contributed by atoms with Gasteiger partial charge in [-0.25, -0.2) is 0 Å². The molecule has 1 amide bonds. The maximum absolute atomic E-state index is 12.9. The van der Waals surface area contributed by atoms with E-state index in [1.165, 1.54) is 28.4 Å². The number of ether oxygens (including phenoxy) is 4. The van der Waals surface area contributed by atoms with E-state index in [4.69, 9.17) is 18.9 Å². The van der Waals surface area contributed by atoms with E-state index < -0.39 is 0 Å². The van der Waals surface area contributed by atoms with Crippen molar-refractivity contribution < 1.29 is 28.5 Å². The summed E-state index contributed by atoms with van der Waals surface area (Å²) in [6.07, 6.45) is 0.126. The van der Waals surface area contributed by atoms with Gasteiger partial charge < -0.3 is 24.3 Å². The number of carbonyl (C=O) groups excluding carboxylic acids is 2.